The van der Waals surface area contributed by atoms with Gasteiger partial charge in [0.25, 0.3) is 10.1 Å². The summed E-state index contributed by atoms with van der Waals surface area (Å²) in [5.41, 5.74) is -1.45. The molecule has 0 heterocycles. The van der Waals surface area contributed by atoms with Gasteiger partial charge in [0.1, 0.15) is 0 Å². The predicted molar refractivity (Wildman–Crippen MR) is 79.1 cm³/mol. The largest absolute Gasteiger partial charge is 1.00 e. The van der Waals surface area contributed by atoms with Crippen LogP contribution in [0.3, 0.4) is 0 Å². The summed E-state index contributed by atoms with van der Waals surface area (Å²) in [5.74, 6) is -52.9. The molecule has 0 spiro atoms. The first-order chi connectivity index (χ1) is 15.1. The number of halogens is 15. The van der Waals surface area contributed by atoms with E-state index in [0.29, 0.717) is 18.2 Å². The fourth-order valence-corrected chi connectivity index (χ4v) is 2.52. The molecule has 0 bridgehead atoms. The fraction of sp³-hybridized carbons (Fsp3) is 0.500. The van der Waals surface area contributed by atoms with Crippen LogP contribution in [-0.4, -0.2) is 60.6 Å². The third kappa shape index (κ3) is 5.25. The van der Waals surface area contributed by atoms with Crippen LogP contribution in [0.2, 0.25) is 0 Å². The first kappa shape index (κ1) is 34.6. The number of nitrogens with zero attached hydrogens (tertiary/aromatic N) is 1. The average Bonchev–Trinajstić information content (AvgIpc) is 2.65. The SMILES string of the molecule is O=S(=O)(O)c1cccc(N=C([O-])C(F)(F)C(F)(F)C(F)(F)C(F)(F)C(F)(F)C(F)(F)C(F)(F)F)c1.[Na+]. The van der Waals surface area contributed by atoms with Gasteiger partial charge in [0, 0.05) is 5.90 Å². The summed E-state index contributed by atoms with van der Waals surface area (Å²) in [6, 6.07) is 1.23. The third-order valence-electron chi connectivity index (χ3n) is 3.94. The number of rotatable bonds is 8. The maximum atomic E-state index is 13.7. The zero-order chi connectivity index (χ0) is 28.3. The molecule has 0 aliphatic carbocycles. The molecule has 0 fully saturated rings. The smallest absolute Gasteiger partial charge is 0.857 e. The molecule has 1 aromatic rings. The van der Waals surface area contributed by atoms with Gasteiger partial charge in [-0.05, 0) is 18.2 Å². The minimum absolute atomic E-state index is 0. The van der Waals surface area contributed by atoms with Gasteiger partial charge in [-0.2, -0.15) is 74.3 Å². The molecule has 36 heavy (non-hydrogen) atoms. The second kappa shape index (κ2) is 9.70. The van der Waals surface area contributed by atoms with E-state index < -0.39 is 68.3 Å². The van der Waals surface area contributed by atoms with E-state index in [9.17, 15) is 79.4 Å². The van der Waals surface area contributed by atoms with Crippen LogP contribution < -0.4 is 34.7 Å². The number of hydrogen-bond acceptors (Lipinski definition) is 4. The van der Waals surface area contributed by atoms with E-state index in [2.05, 4.69) is 0 Å². The number of alkyl halides is 15. The summed E-state index contributed by atoms with van der Waals surface area (Å²) in [6.07, 6.45) is -7.77. The molecule has 202 valence electrons. The van der Waals surface area contributed by atoms with Crippen molar-refractivity contribution in [2.45, 2.75) is 46.6 Å². The second-order valence-corrected chi connectivity index (χ2v) is 7.76. The Balaban J connectivity index is 0.0000122. The molecular formula is C14H5F15NNaO4S. The van der Waals surface area contributed by atoms with Gasteiger partial charge in [-0.1, -0.05) is 6.07 Å². The Morgan fingerprint density at radius 3 is 1.50 bits per heavy atom. The Kier molecular flexibility index (Phi) is 9.30. The zero-order valence-electron chi connectivity index (χ0n) is 16.5. The molecule has 0 unspecified atom stereocenters. The van der Waals surface area contributed by atoms with Crippen molar-refractivity contribution in [2.75, 3.05) is 0 Å². The van der Waals surface area contributed by atoms with Gasteiger partial charge in [-0.15, -0.1) is 0 Å². The Labute approximate surface area is 211 Å². The van der Waals surface area contributed by atoms with E-state index in [1.165, 1.54) is 0 Å². The molecule has 0 aliphatic heterocycles. The molecule has 1 N–H and O–H groups in total. The van der Waals surface area contributed by atoms with Crippen LogP contribution in [0.1, 0.15) is 0 Å². The van der Waals surface area contributed by atoms with Gasteiger partial charge in [-0.3, -0.25) is 9.55 Å². The molecule has 5 nitrogen and oxygen atoms in total. The van der Waals surface area contributed by atoms with Crippen molar-refractivity contribution in [2.24, 2.45) is 4.99 Å². The molecule has 0 aromatic heterocycles. The molecular weight excluding hydrogens is 586 g/mol. The van der Waals surface area contributed by atoms with E-state index in [1.54, 1.807) is 0 Å². The van der Waals surface area contributed by atoms with Crippen molar-refractivity contribution in [3.05, 3.63) is 24.3 Å². The summed E-state index contributed by atoms with van der Waals surface area (Å²) in [6.45, 7) is 0. The monoisotopic (exact) mass is 591 g/mol. The molecule has 1 aromatic carbocycles. The van der Waals surface area contributed by atoms with Crippen molar-refractivity contribution < 1.29 is 113 Å². The van der Waals surface area contributed by atoms with Crippen molar-refractivity contribution in [3.63, 3.8) is 0 Å². The van der Waals surface area contributed by atoms with Crippen LogP contribution >= 0.6 is 0 Å². The molecule has 0 radical (unpaired) electrons. The number of hydrogen-bond donors (Lipinski definition) is 1. The first-order valence-electron chi connectivity index (χ1n) is 7.78. The van der Waals surface area contributed by atoms with Crippen LogP contribution in [0.15, 0.2) is 34.2 Å². The van der Waals surface area contributed by atoms with Crippen molar-refractivity contribution in [1.29, 1.82) is 0 Å². The third-order valence-corrected chi connectivity index (χ3v) is 4.79. The molecule has 0 saturated carbocycles. The average molecular weight is 591 g/mol. The van der Waals surface area contributed by atoms with Crippen LogP contribution in [0, 0.1) is 0 Å². The Bertz CT molecular complexity index is 1100. The van der Waals surface area contributed by atoms with E-state index in [1.807, 2.05) is 4.99 Å². The van der Waals surface area contributed by atoms with Gasteiger partial charge >= 0.3 is 71.3 Å². The van der Waals surface area contributed by atoms with Gasteiger partial charge in [0.15, 0.2) is 0 Å². The molecule has 0 aliphatic rings. The fourth-order valence-electron chi connectivity index (χ4n) is 2.00. The van der Waals surface area contributed by atoms with Gasteiger partial charge < -0.3 is 5.11 Å². The van der Waals surface area contributed by atoms with Crippen LogP contribution in [-0.2, 0) is 10.1 Å². The first-order valence-corrected chi connectivity index (χ1v) is 9.22. The predicted octanol–water partition coefficient (Wildman–Crippen LogP) is 1.70. The maximum Gasteiger partial charge on any atom is 1.00 e. The van der Waals surface area contributed by atoms with Gasteiger partial charge in [0.05, 0.1) is 10.6 Å². The summed E-state index contributed by atoms with van der Waals surface area (Å²) in [5, 5.41) is 11.3. The topological polar surface area (TPSA) is 89.8 Å². The van der Waals surface area contributed by atoms with E-state index in [-0.39, 0.29) is 35.6 Å². The Morgan fingerprint density at radius 2 is 1.11 bits per heavy atom. The minimum Gasteiger partial charge on any atom is -0.857 e. The van der Waals surface area contributed by atoms with Gasteiger partial charge in [-0.25, -0.2) is 0 Å². The normalized spacial score (nSPS) is 15.5. The second-order valence-electron chi connectivity index (χ2n) is 6.33. The number of benzene rings is 1. The Morgan fingerprint density at radius 1 is 0.722 bits per heavy atom. The summed E-state index contributed by atoms with van der Waals surface area (Å²) >= 11 is 0. The van der Waals surface area contributed by atoms with Crippen LogP contribution in [0.4, 0.5) is 71.5 Å². The molecule has 1 rings (SSSR count). The Hall–Kier alpha value is -1.45. The molecule has 0 atom stereocenters. The van der Waals surface area contributed by atoms with Crippen molar-refractivity contribution in [3.8, 4) is 0 Å². The zero-order valence-corrected chi connectivity index (χ0v) is 19.3. The molecule has 0 saturated heterocycles. The van der Waals surface area contributed by atoms with Crippen molar-refractivity contribution in [1.82, 2.24) is 0 Å². The van der Waals surface area contributed by atoms with Crippen LogP contribution in [0.5, 0.6) is 0 Å². The van der Waals surface area contributed by atoms with Crippen molar-refractivity contribution >= 4 is 21.7 Å². The van der Waals surface area contributed by atoms with E-state index >= 15 is 0 Å². The van der Waals surface area contributed by atoms with E-state index in [0.717, 1.165) is 0 Å². The standard InChI is InChI=1S/C14H6F15NO4S.Na/c15-8(16,7(31)30-5-2-1-3-6(4-5)35(32,33)34)9(17,18)10(19,20)11(21,22)12(23,24)13(25,26)14(27,28)29;/h1-4H,(H,30,31)(H,32,33,34);/q;+1/p-1. The van der Waals surface area contributed by atoms with Crippen LogP contribution in [0.25, 0.3) is 0 Å². The summed E-state index contributed by atoms with van der Waals surface area (Å²) in [4.78, 5) is 0.708. The van der Waals surface area contributed by atoms with E-state index in [4.69, 9.17) is 4.55 Å². The molecule has 22 heteroatoms. The maximum absolute atomic E-state index is 13.7. The summed E-state index contributed by atoms with van der Waals surface area (Å²) < 4.78 is 227. The molecule has 0 amide bonds. The number of aliphatic imine (C=N–C) groups is 1. The minimum atomic E-state index is -8.57. The quantitative estimate of drug-likeness (QED) is 0.164. The van der Waals surface area contributed by atoms with Gasteiger partial charge in [0.2, 0.25) is 0 Å². The summed E-state index contributed by atoms with van der Waals surface area (Å²) in [7, 11) is -5.18.